The van der Waals surface area contributed by atoms with Gasteiger partial charge in [-0.1, -0.05) is 26.7 Å². The standard InChI is InChI=1S/C12H21N3O/c1-4-5-10(2)8-12(16)14-9-11-13-6-7-15(11)3/h6-7,10H,4-5,8-9H2,1-3H3,(H,14,16). The lowest BCUT2D eigenvalue weighted by Crippen LogP contribution is -2.25. The average Bonchev–Trinajstić information content (AvgIpc) is 2.61. The monoisotopic (exact) mass is 223 g/mol. The lowest BCUT2D eigenvalue weighted by Gasteiger charge is -2.10. The molecule has 0 saturated heterocycles. The summed E-state index contributed by atoms with van der Waals surface area (Å²) < 4.78 is 1.91. The van der Waals surface area contributed by atoms with Crippen LogP contribution in [0.3, 0.4) is 0 Å². The van der Waals surface area contributed by atoms with Crippen molar-refractivity contribution in [3.05, 3.63) is 18.2 Å². The van der Waals surface area contributed by atoms with Gasteiger partial charge in [0.15, 0.2) is 0 Å². The Labute approximate surface area is 97.1 Å². The number of hydrogen-bond donors (Lipinski definition) is 1. The molecule has 1 aromatic heterocycles. The molecular weight excluding hydrogens is 202 g/mol. The van der Waals surface area contributed by atoms with Crippen molar-refractivity contribution in [1.29, 1.82) is 0 Å². The highest BCUT2D eigenvalue weighted by Crippen LogP contribution is 2.09. The van der Waals surface area contributed by atoms with Gasteiger partial charge in [0.05, 0.1) is 6.54 Å². The van der Waals surface area contributed by atoms with Crippen molar-refractivity contribution in [2.45, 2.75) is 39.7 Å². The Kier molecular flexibility index (Phi) is 5.02. The maximum atomic E-state index is 11.6. The van der Waals surface area contributed by atoms with Crippen molar-refractivity contribution in [3.8, 4) is 0 Å². The molecule has 1 atom stereocenters. The second-order valence-corrected chi connectivity index (χ2v) is 4.33. The first-order valence-electron chi connectivity index (χ1n) is 5.86. The summed E-state index contributed by atoms with van der Waals surface area (Å²) in [6.07, 6.45) is 6.46. The van der Waals surface area contributed by atoms with E-state index < -0.39 is 0 Å². The second kappa shape index (κ2) is 6.30. The van der Waals surface area contributed by atoms with Crippen LogP contribution in [-0.4, -0.2) is 15.5 Å². The predicted molar refractivity (Wildman–Crippen MR) is 63.7 cm³/mol. The Hall–Kier alpha value is -1.32. The normalized spacial score (nSPS) is 12.4. The number of hydrogen-bond acceptors (Lipinski definition) is 2. The van der Waals surface area contributed by atoms with Crippen LogP contribution >= 0.6 is 0 Å². The molecule has 0 aliphatic heterocycles. The highest BCUT2D eigenvalue weighted by atomic mass is 16.1. The molecule has 90 valence electrons. The van der Waals surface area contributed by atoms with Crippen molar-refractivity contribution in [2.24, 2.45) is 13.0 Å². The number of nitrogens with zero attached hydrogens (tertiary/aromatic N) is 2. The van der Waals surface area contributed by atoms with Gasteiger partial charge in [-0.05, 0) is 5.92 Å². The molecule has 1 unspecified atom stereocenters. The van der Waals surface area contributed by atoms with Crippen LogP contribution in [0, 0.1) is 5.92 Å². The van der Waals surface area contributed by atoms with E-state index in [4.69, 9.17) is 0 Å². The number of amides is 1. The predicted octanol–water partition coefficient (Wildman–Crippen LogP) is 1.86. The Morgan fingerprint density at radius 1 is 1.62 bits per heavy atom. The molecule has 0 aliphatic carbocycles. The third-order valence-corrected chi connectivity index (χ3v) is 2.68. The zero-order valence-corrected chi connectivity index (χ0v) is 10.4. The molecule has 4 nitrogen and oxygen atoms in total. The lowest BCUT2D eigenvalue weighted by atomic mass is 10.0. The fourth-order valence-electron chi connectivity index (χ4n) is 1.73. The second-order valence-electron chi connectivity index (χ2n) is 4.33. The third-order valence-electron chi connectivity index (χ3n) is 2.68. The van der Waals surface area contributed by atoms with Crippen LogP contribution in [0.25, 0.3) is 0 Å². The largest absolute Gasteiger partial charge is 0.349 e. The van der Waals surface area contributed by atoms with Crippen LogP contribution in [0.5, 0.6) is 0 Å². The van der Waals surface area contributed by atoms with Crippen LogP contribution in [0.2, 0.25) is 0 Å². The fourth-order valence-corrected chi connectivity index (χ4v) is 1.73. The van der Waals surface area contributed by atoms with Crippen LogP contribution in [0.1, 0.15) is 38.9 Å². The summed E-state index contributed by atoms with van der Waals surface area (Å²) in [5, 5.41) is 2.89. The zero-order chi connectivity index (χ0) is 12.0. The Balaban J connectivity index is 2.28. The van der Waals surface area contributed by atoms with Gasteiger partial charge in [0, 0.05) is 25.9 Å². The molecular formula is C12H21N3O. The summed E-state index contributed by atoms with van der Waals surface area (Å²) in [6, 6.07) is 0. The minimum Gasteiger partial charge on any atom is -0.349 e. The van der Waals surface area contributed by atoms with Crippen molar-refractivity contribution in [1.82, 2.24) is 14.9 Å². The molecule has 0 spiro atoms. The van der Waals surface area contributed by atoms with Gasteiger partial charge in [-0.25, -0.2) is 4.98 Å². The minimum absolute atomic E-state index is 0.115. The smallest absolute Gasteiger partial charge is 0.220 e. The van der Waals surface area contributed by atoms with E-state index in [1.807, 2.05) is 17.8 Å². The number of aryl methyl sites for hydroxylation is 1. The van der Waals surface area contributed by atoms with Crippen LogP contribution < -0.4 is 5.32 Å². The molecule has 1 amide bonds. The molecule has 0 aromatic carbocycles. The van der Waals surface area contributed by atoms with Gasteiger partial charge < -0.3 is 9.88 Å². The Morgan fingerprint density at radius 3 is 2.94 bits per heavy atom. The SMILES string of the molecule is CCCC(C)CC(=O)NCc1nccn1C. The molecule has 4 heteroatoms. The fraction of sp³-hybridized carbons (Fsp3) is 0.667. The first kappa shape index (κ1) is 12.7. The van der Waals surface area contributed by atoms with Crippen molar-refractivity contribution in [2.75, 3.05) is 0 Å². The third kappa shape index (κ3) is 4.04. The van der Waals surface area contributed by atoms with Crippen LogP contribution in [0.15, 0.2) is 12.4 Å². The summed E-state index contributed by atoms with van der Waals surface area (Å²) >= 11 is 0. The average molecular weight is 223 g/mol. The molecule has 0 aliphatic rings. The summed E-state index contributed by atoms with van der Waals surface area (Å²) in [5.41, 5.74) is 0. The first-order valence-corrected chi connectivity index (χ1v) is 5.86. The van der Waals surface area contributed by atoms with Crippen molar-refractivity contribution < 1.29 is 4.79 Å². The van der Waals surface area contributed by atoms with Crippen molar-refractivity contribution in [3.63, 3.8) is 0 Å². The maximum absolute atomic E-state index is 11.6. The van der Waals surface area contributed by atoms with Gasteiger partial charge in [-0.2, -0.15) is 0 Å². The van der Waals surface area contributed by atoms with Crippen molar-refractivity contribution >= 4 is 5.91 Å². The van der Waals surface area contributed by atoms with E-state index in [1.165, 1.54) is 0 Å². The number of aromatic nitrogens is 2. The molecule has 0 fully saturated rings. The quantitative estimate of drug-likeness (QED) is 0.800. The number of carbonyl (C=O) groups excluding carboxylic acids is 1. The van der Waals surface area contributed by atoms with E-state index in [0.717, 1.165) is 18.7 Å². The van der Waals surface area contributed by atoms with Gasteiger partial charge in [0.25, 0.3) is 0 Å². The summed E-state index contributed by atoms with van der Waals surface area (Å²) in [4.78, 5) is 15.7. The van der Waals surface area contributed by atoms with E-state index >= 15 is 0 Å². The zero-order valence-electron chi connectivity index (χ0n) is 10.4. The maximum Gasteiger partial charge on any atom is 0.220 e. The van der Waals surface area contributed by atoms with Gasteiger partial charge in [-0.15, -0.1) is 0 Å². The summed E-state index contributed by atoms with van der Waals surface area (Å²) in [7, 11) is 1.92. The topological polar surface area (TPSA) is 46.9 Å². The van der Waals surface area contributed by atoms with E-state index in [0.29, 0.717) is 18.9 Å². The highest BCUT2D eigenvalue weighted by Gasteiger charge is 2.08. The molecule has 1 heterocycles. The molecule has 0 radical (unpaired) electrons. The Bertz CT molecular complexity index is 333. The number of imidazole rings is 1. The first-order chi connectivity index (χ1) is 7.63. The van der Waals surface area contributed by atoms with Gasteiger partial charge in [-0.3, -0.25) is 4.79 Å². The Morgan fingerprint density at radius 2 is 2.38 bits per heavy atom. The van der Waals surface area contributed by atoms with Crippen LogP contribution in [0.4, 0.5) is 0 Å². The van der Waals surface area contributed by atoms with E-state index in [9.17, 15) is 4.79 Å². The van der Waals surface area contributed by atoms with Crippen LogP contribution in [-0.2, 0) is 18.4 Å². The molecule has 1 aromatic rings. The van der Waals surface area contributed by atoms with E-state index in [-0.39, 0.29) is 5.91 Å². The van der Waals surface area contributed by atoms with E-state index in [2.05, 4.69) is 24.1 Å². The number of carbonyl (C=O) groups is 1. The van der Waals surface area contributed by atoms with Gasteiger partial charge in [0.2, 0.25) is 5.91 Å². The minimum atomic E-state index is 0.115. The van der Waals surface area contributed by atoms with E-state index in [1.54, 1.807) is 6.20 Å². The number of rotatable bonds is 6. The summed E-state index contributed by atoms with van der Waals surface area (Å²) in [6.45, 7) is 4.77. The van der Waals surface area contributed by atoms with Gasteiger partial charge >= 0.3 is 0 Å². The lowest BCUT2D eigenvalue weighted by molar-refractivity contribution is -0.122. The summed E-state index contributed by atoms with van der Waals surface area (Å²) in [5.74, 6) is 1.46. The van der Waals surface area contributed by atoms with Gasteiger partial charge in [0.1, 0.15) is 5.82 Å². The molecule has 0 bridgehead atoms. The highest BCUT2D eigenvalue weighted by molar-refractivity contribution is 5.75. The molecule has 16 heavy (non-hydrogen) atoms. The molecule has 0 saturated carbocycles. The number of nitrogens with one attached hydrogen (secondary N) is 1. The molecule has 1 N–H and O–H groups in total. The molecule has 1 rings (SSSR count).